The number of benzene rings is 1. The summed E-state index contributed by atoms with van der Waals surface area (Å²) in [4.78, 5) is 0. The highest BCUT2D eigenvalue weighted by Gasteiger charge is 2.54. The molecule has 4 aliphatic rings. The van der Waals surface area contributed by atoms with E-state index in [1.165, 1.54) is 37.7 Å². The summed E-state index contributed by atoms with van der Waals surface area (Å²) >= 11 is 0. The van der Waals surface area contributed by atoms with Gasteiger partial charge in [-0.25, -0.2) is 0 Å². The third-order valence-electron chi connectivity index (χ3n) is 6.41. The SMILES string of the molecule is Cc1ccc(C23CC4CC(C2)C(C)C(C4)C3)cc1. The predicted octanol–water partition coefficient (Wildman–Crippen LogP) is 4.71. The van der Waals surface area contributed by atoms with E-state index in [2.05, 4.69) is 38.1 Å². The lowest BCUT2D eigenvalue weighted by atomic mass is 9.45. The molecule has 0 aromatic heterocycles. The number of hydrogen-bond donors (Lipinski definition) is 0. The van der Waals surface area contributed by atoms with Gasteiger partial charge in [-0.2, -0.15) is 0 Å². The van der Waals surface area contributed by atoms with Crippen molar-refractivity contribution < 1.29 is 0 Å². The van der Waals surface area contributed by atoms with Gasteiger partial charge in [0, 0.05) is 0 Å². The number of hydrogen-bond acceptors (Lipinski definition) is 0. The molecule has 0 N–H and O–H groups in total. The summed E-state index contributed by atoms with van der Waals surface area (Å²) in [5, 5.41) is 0. The second-order valence-electron chi connectivity index (χ2n) is 7.48. The molecular weight excluding hydrogens is 216 g/mol. The molecule has 0 amide bonds. The molecular formula is C18H24. The van der Waals surface area contributed by atoms with Crippen molar-refractivity contribution in [2.24, 2.45) is 23.7 Å². The van der Waals surface area contributed by atoms with Crippen LogP contribution in [-0.2, 0) is 5.41 Å². The lowest BCUT2D eigenvalue weighted by Crippen LogP contribution is -2.52. The van der Waals surface area contributed by atoms with Crippen LogP contribution in [0.5, 0.6) is 0 Å². The third-order valence-corrected chi connectivity index (χ3v) is 6.41. The van der Waals surface area contributed by atoms with E-state index in [4.69, 9.17) is 0 Å². The lowest BCUT2D eigenvalue weighted by Gasteiger charge is -2.60. The quantitative estimate of drug-likeness (QED) is 0.667. The van der Waals surface area contributed by atoms with Crippen LogP contribution in [0.4, 0.5) is 0 Å². The van der Waals surface area contributed by atoms with Gasteiger partial charge < -0.3 is 0 Å². The van der Waals surface area contributed by atoms with Crippen LogP contribution >= 0.6 is 0 Å². The molecule has 0 heteroatoms. The van der Waals surface area contributed by atoms with Gasteiger partial charge in [-0.15, -0.1) is 0 Å². The Bertz CT molecular complexity index is 439. The minimum Gasteiger partial charge on any atom is -0.0620 e. The molecule has 0 nitrogen and oxygen atoms in total. The van der Waals surface area contributed by atoms with Gasteiger partial charge in [0.15, 0.2) is 0 Å². The fourth-order valence-corrected chi connectivity index (χ4v) is 5.54. The van der Waals surface area contributed by atoms with Crippen molar-refractivity contribution >= 4 is 0 Å². The zero-order valence-electron chi connectivity index (χ0n) is 11.7. The Hall–Kier alpha value is -0.780. The molecule has 5 rings (SSSR count). The standard InChI is InChI=1S/C18H24/c1-12-3-5-17(6-4-12)18-9-14-7-15(10-18)13(2)16(8-14)11-18/h3-6,13-16H,7-11H2,1-2H3. The molecule has 4 fully saturated rings. The maximum atomic E-state index is 2.52. The molecule has 0 aliphatic heterocycles. The molecule has 0 radical (unpaired) electrons. The van der Waals surface area contributed by atoms with Crippen molar-refractivity contribution in [3.8, 4) is 0 Å². The van der Waals surface area contributed by atoms with Crippen LogP contribution in [0.15, 0.2) is 24.3 Å². The average molecular weight is 240 g/mol. The topological polar surface area (TPSA) is 0 Å². The fourth-order valence-electron chi connectivity index (χ4n) is 5.54. The van der Waals surface area contributed by atoms with Gasteiger partial charge in [0.2, 0.25) is 0 Å². The molecule has 2 atom stereocenters. The Morgan fingerprint density at radius 3 is 2.17 bits per heavy atom. The Balaban J connectivity index is 1.74. The van der Waals surface area contributed by atoms with Crippen LogP contribution in [0.25, 0.3) is 0 Å². The van der Waals surface area contributed by atoms with E-state index in [9.17, 15) is 0 Å². The highest BCUT2D eigenvalue weighted by molar-refractivity contribution is 5.32. The highest BCUT2D eigenvalue weighted by Crippen LogP contribution is 2.62. The van der Waals surface area contributed by atoms with E-state index in [0.717, 1.165) is 23.7 Å². The third kappa shape index (κ3) is 1.44. The molecule has 4 saturated carbocycles. The van der Waals surface area contributed by atoms with Gasteiger partial charge in [0.05, 0.1) is 0 Å². The summed E-state index contributed by atoms with van der Waals surface area (Å²) in [6.45, 7) is 4.72. The predicted molar refractivity (Wildman–Crippen MR) is 75.6 cm³/mol. The van der Waals surface area contributed by atoms with Gasteiger partial charge in [0.25, 0.3) is 0 Å². The van der Waals surface area contributed by atoms with Crippen molar-refractivity contribution in [2.45, 2.75) is 51.4 Å². The monoisotopic (exact) mass is 240 g/mol. The Morgan fingerprint density at radius 2 is 1.56 bits per heavy atom. The van der Waals surface area contributed by atoms with Crippen LogP contribution in [0.1, 0.15) is 50.2 Å². The Labute approximate surface area is 111 Å². The lowest BCUT2D eigenvalue weighted by molar-refractivity contribution is -0.0489. The van der Waals surface area contributed by atoms with E-state index in [0.29, 0.717) is 5.41 Å². The summed E-state index contributed by atoms with van der Waals surface area (Å²) in [5.74, 6) is 4.09. The van der Waals surface area contributed by atoms with Crippen LogP contribution in [0, 0.1) is 30.6 Å². The first-order valence-electron chi connectivity index (χ1n) is 7.73. The molecule has 0 heterocycles. The minimum atomic E-state index is 0.566. The van der Waals surface area contributed by atoms with Gasteiger partial charge in [-0.05, 0) is 73.7 Å². The van der Waals surface area contributed by atoms with Crippen molar-refractivity contribution in [2.75, 3.05) is 0 Å². The van der Waals surface area contributed by atoms with Crippen molar-refractivity contribution in [3.05, 3.63) is 35.4 Å². The van der Waals surface area contributed by atoms with E-state index in [1.54, 1.807) is 5.56 Å². The first-order valence-corrected chi connectivity index (χ1v) is 7.73. The largest absolute Gasteiger partial charge is 0.0620 e. The first-order chi connectivity index (χ1) is 8.66. The summed E-state index contributed by atoms with van der Waals surface area (Å²) < 4.78 is 0. The summed E-state index contributed by atoms with van der Waals surface area (Å²) in [7, 11) is 0. The van der Waals surface area contributed by atoms with Gasteiger partial charge in [-0.1, -0.05) is 36.8 Å². The molecule has 18 heavy (non-hydrogen) atoms. The molecule has 1 aromatic rings. The highest BCUT2D eigenvalue weighted by atomic mass is 14.6. The molecule has 0 spiro atoms. The van der Waals surface area contributed by atoms with E-state index < -0.39 is 0 Å². The van der Waals surface area contributed by atoms with E-state index in [-0.39, 0.29) is 0 Å². The molecule has 0 saturated heterocycles. The van der Waals surface area contributed by atoms with Gasteiger partial charge in [0.1, 0.15) is 0 Å². The molecule has 4 bridgehead atoms. The zero-order valence-corrected chi connectivity index (χ0v) is 11.7. The van der Waals surface area contributed by atoms with Gasteiger partial charge >= 0.3 is 0 Å². The van der Waals surface area contributed by atoms with Gasteiger partial charge in [-0.3, -0.25) is 0 Å². The fraction of sp³-hybridized carbons (Fsp3) is 0.667. The van der Waals surface area contributed by atoms with E-state index in [1.807, 2.05) is 0 Å². The summed E-state index contributed by atoms with van der Waals surface area (Å²) in [6, 6.07) is 9.48. The molecule has 96 valence electrons. The van der Waals surface area contributed by atoms with Crippen molar-refractivity contribution in [1.29, 1.82) is 0 Å². The zero-order chi connectivity index (χ0) is 12.3. The number of rotatable bonds is 1. The van der Waals surface area contributed by atoms with E-state index >= 15 is 0 Å². The Morgan fingerprint density at radius 1 is 0.944 bits per heavy atom. The van der Waals surface area contributed by atoms with Crippen LogP contribution in [0.3, 0.4) is 0 Å². The van der Waals surface area contributed by atoms with Crippen LogP contribution < -0.4 is 0 Å². The van der Waals surface area contributed by atoms with Crippen molar-refractivity contribution in [3.63, 3.8) is 0 Å². The second-order valence-corrected chi connectivity index (χ2v) is 7.48. The number of aryl methyl sites for hydroxylation is 1. The smallest absolute Gasteiger partial charge is 0.00389 e. The van der Waals surface area contributed by atoms with Crippen LogP contribution in [-0.4, -0.2) is 0 Å². The van der Waals surface area contributed by atoms with Crippen molar-refractivity contribution in [1.82, 2.24) is 0 Å². The maximum absolute atomic E-state index is 2.52. The average Bonchev–Trinajstić information content (AvgIpc) is 2.35. The summed E-state index contributed by atoms with van der Waals surface area (Å²) in [5.41, 5.74) is 3.62. The maximum Gasteiger partial charge on any atom is -0.00389 e. The second kappa shape index (κ2) is 3.62. The molecule has 1 aromatic carbocycles. The molecule has 2 unspecified atom stereocenters. The Kier molecular flexibility index (Phi) is 2.23. The first kappa shape index (κ1) is 11.1. The van der Waals surface area contributed by atoms with Crippen LogP contribution in [0.2, 0.25) is 0 Å². The summed E-state index contributed by atoms with van der Waals surface area (Å²) in [6.07, 6.45) is 7.50. The molecule has 4 aliphatic carbocycles. The normalized spacial score (nSPS) is 45.4. The minimum absolute atomic E-state index is 0.566.